The molecule has 0 radical (unpaired) electrons. The number of benzene rings is 2. The number of nitriles is 1. The molecule has 0 aliphatic carbocycles. The number of phenols is 2. The number of aromatic nitrogens is 1. The molecule has 0 saturated heterocycles. The van der Waals surface area contributed by atoms with Crippen molar-refractivity contribution in [2.45, 2.75) is 5.92 Å². The molecule has 3 aromatic rings. The van der Waals surface area contributed by atoms with Crippen LogP contribution in [-0.2, 0) is 4.79 Å². The minimum atomic E-state index is -0.908. The predicted octanol–water partition coefficient (Wildman–Crippen LogP) is 0.854. The molecule has 4 rings (SSSR count). The summed E-state index contributed by atoms with van der Waals surface area (Å²) < 4.78 is 12.1. The maximum atomic E-state index is 13.5. The van der Waals surface area contributed by atoms with E-state index in [1.165, 1.54) is 41.9 Å². The molecular formula is C26H24N4O6S. The van der Waals surface area contributed by atoms with Gasteiger partial charge in [0, 0.05) is 14.1 Å². The summed E-state index contributed by atoms with van der Waals surface area (Å²) in [6, 6.07) is 11.2. The third-order valence-corrected chi connectivity index (χ3v) is 7.05. The highest BCUT2D eigenvalue weighted by Gasteiger charge is 2.36. The fourth-order valence-corrected chi connectivity index (χ4v) is 5.31. The van der Waals surface area contributed by atoms with E-state index >= 15 is 0 Å². The smallest absolute Gasteiger partial charge is 0.274 e. The summed E-state index contributed by atoms with van der Waals surface area (Å²) in [6.07, 6.45) is 1.59. The van der Waals surface area contributed by atoms with Crippen LogP contribution in [0.5, 0.6) is 23.0 Å². The van der Waals surface area contributed by atoms with Gasteiger partial charge in [0.2, 0.25) is 0 Å². The van der Waals surface area contributed by atoms with Crippen LogP contribution in [-0.4, -0.2) is 53.9 Å². The molecule has 1 atom stereocenters. The number of carbonyl (C=O) groups is 1. The van der Waals surface area contributed by atoms with Crippen molar-refractivity contribution < 1.29 is 24.5 Å². The molecule has 37 heavy (non-hydrogen) atoms. The molecule has 2 aromatic carbocycles. The topological polar surface area (TPSA) is 151 Å². The van der Waals surface area contributed by atoms with E-state index in [0.717, 1.165) is 11.3 Å². The molecule has 1 aromatic heterocycles. The van der Waals surface area contributed by atoms with Crippen molar-refractivity contribution in [1.29, 1.82) is 5.26 Å². The zero-order chi connectivity index (χ0) is 27.0. The number of carbonyl (C=O) groups excluding carboxylic acids is 1. The molecule has 1 aliphatic heterocycles. The number of fused-ring (bicyclic) bond motifs is 1. The highest BCUT2D eigenvalue weighted by atomic mass is 32.1. The van der Waals surface area contributed by atoms with Crippen LogP contribution in [0.15, 0.2) is 46.8 Å². The largest absolute Gasteiger partial charge is 0.504 e. The molecule has 1 unspecified atom stereocenters. The Balaban J connectivity index is 2.10. The quantitative estimate of drug-likeness (QED) is 0.448. The lowest BCUT2D eigenvalue weighted by Gasteiger charge is -2.27. The highest BCUT2D eigenvalue weighted by Crippen LogP contribution is 2.40. The summed E-state index contributed by atoms with van der Waals surface area (Å²) >= 11 is 1.06. The normalized spacial score (nSPS) is 15.3. The second-order valence-electron chi connectivity index (χ2n) is 8.38. The number of nitrogens with two attached hydrogens (primary N) is 1. The Bertz CT molecular complexity index is 1680. The van der Waals surface area contributed by atoms with Crippen molar-refractivity contribution >= 4 is 34.7 Å². The van der Waals surface area contributed by atoms with Crippen LogP contribution < -0.4 is 30.0 Å². The lowest BCUT2D eigenvalue weighted by Crippen LogP contribution is -2.41. The molecular weight excluding hydrogens is 496 g/mol. The van der Waals surface area contributed by atoms with Gasteiger partial charge in [-0.3, -0.25) is 14.2 Å². The highest BCUT2D eigenvalue weighted by molar-refractivity contribution is 7.07. The van der Waals surface area contributed by atoms with Crippen molar-refractivity contribution in [2.24, 2.45) is 5.73 Å². The van der Waals surface area contributed by atoms with Crippen LogP contribution in [0.4, 0.5) is 0 Å². The maximum Gasteiger partial charge on any atom is 0.274 e. The lowest BCUT2D eigenvalue weighted by atomic mass is 9.83. The number of nitrogens with zero attached hydrogens (tertiary/aromatic N) is 3. The Labute approximate surface area is 215 Å². The van der Waals surface area contributed by atoms with Crippen LogP contribution in [0, 0.1) is 11.3 Å². The predicted molar refractivity (Wildman–Crippen MR) is 139 cm³/mol. The number of amides is 1. The monoisotopic (exact) mass is 520 g/mol. The summed E-state index contributed by atoms with van der Waals surface area (Å²) in [5.41, 5.74) is 7.15. The number of hydrogen-bond donors (Lipinski definition) is 3. The number of rotatable bonds is 5. The lowest BCUT2D eigenvalue weighted by molar-refractivity contribution is -0.123. The van der Waals surface area contributed by atoms with Gasteiger partial charge in [-0.15, -0.1) is 11.3 Å². The average molecular weight is 521 g/mol. The van der Waals surface area contributed by atoms with Gasteiger partial charge in [-0.1, -0.05) is 12.1 Å². The van der Waals surface area contributed by atoms with Gasteiger partial charge in [-0.05, 0) is 41.5 Å². The molecule has 11 heteroatoms. The van der Waals surface area contributed by atoms with Crippen molar-refractivity contribution in [1.82, 2.24) is 9.47 Å². The molecule has 4 N–H and O–H groups in total. The molecule has 0 saturated carbocycles. The van der Waals surface area contributed by atoms with Gasteiger partial charge in [0.05, 0.1) is 41.9 Å². The number of thiazole rings is 1. The third kappa shape index (κ3) is 4.28. The van der Waals surface area contributed by atoms with Crippen LogP contribution in [0.25, 0.3) is 17.5 Å². The minimum absolute atomic E-state index is 0.0168. The zero-order valence-electron chi connectivity index (χ0n) is 20.5. The average Bonchev–Trinajstić information content (AvgIpc) is 3.20. The van der Waals surface area contributed by atoms with Gasteiger partial charge in [0.15, 0.2) is 23.0 Å². The van der Waals surface area contributed by atoms with Crippen molar-refractivity contribution in [3.63, 3.8) is 0 Å². The van der Waals surface area contributed by atoms with Crippen molar-refractivity contribution in [2.75, 3.05) is 28.3 Å². The number of hydrogen-bond acceptors (Lipinski definition) is 9. The standard InChI is InChI=1S/C26H24N4O6S/c1-29(2)25(34)22-21(14-6-8-17(32)19(11-14)36-4)15(12-27)23(28)30-24(33)20(37-26(22)30)10-13-5-7-16(31)18(9-13)35-3/h5-11,21,31-32H,28H2,1-4H3/b20-10+. The molecule has 1 aliphatic rings. The Hall–Kier alpha value is -4.69. The van der Waals surface area contributed by atoms with Crippen LogP contribution in [0.2, 0.25) is 0 Å². The Morgan fingerprint density at radius 1 is 1.14 bits per heavy atom. The van der Waals surface area contributed by atoms with Gasteiger partial charge in [-0.2, -0.15) is 5.26 Å². The maximum absolute atomic E-state index is 13.5. The fourth-order valence-electron chi connectivity index (χ4n) is 4.14. The van der Waals surface area contributed by atoms with E-state index in [9.17, 15) is 25.1 Å². The van der Waals surface area contributed by atoms with E-state index in [-0.39, 0.29) is 49.2 Å². The number of allylic oxidation sites excluding steroid dienone is 1. The zero-order valence-corrected chi connectivity index (χ0v) is 21.3. The number of methoxy groups -OCH3 is 2. The molecule has 190 valence electrons. The first-order chi connectivity index (χ1) is 17.6. The SMILES string of the molecule is COc1cc(/C=c2/sc3n(c2=O)C(N)=C(C#N)C(c2ccc(O)c(OC)c2)C=3C(=O)N(C)C)ccc1O. The van der Waals surface area contributed by atoms with Gasteiger partial charge in [-0.25, -0.2) is 0 Å². The first-order valence-corrected chi connectivity index (χ1v) is 11.8. The third-order valence-electron chi connectivity index (χ3n) is 5.94. The molecule has 0 spiro atoms. The Kier molecular flexibility index (Phi) is 6.70. The van der Waals surface area contributed by atoms with Gasteiger partial charge < -0.3 is 30.3 Å². The minimum Gasteiger partial charge on any atom is -0.504 e. The van der Waals surface area contributed by atoms with Crippen LogP contribution in [0.3, 0.4) is 0 Å². The fraction of sp³-hybridized carbons (Fsp3) is 0.192. The molecule has 2 heterocycles. The van der Waals surface area contributed by atoms with Crippen molar-refractivity contribution in [3.8, 4) is 29.1 Å². The first kappa shape index (κ1) is 25.4. The Morgan fingerprint density at radius 3 is 2.35 bits per heavy atom. The number of aromatic hydroxyl groups is 2. The summed E-state index contributed by atoms with van der Waals surface area (Å²) in [5, 5.41) is 30.1. The summed E-state index contributed by atoms with van der Waals surface area (Å²) in [7, 11) is 5.95. The first-order valence-electron chi connectivity index (χ1n) is 11.0. The van der Waals surface area contributed by atoms with E-state index in [0.29, 0.717) is 11.1 Å². The van der Waals surface area contributed by atoms with Gasteiger partial charge >= 0.3 is 0 Å². The van der Waals surface area contributed by atoms with E-state index in [4.69, 9.17) is 15.2 Å². The van der Waals surface area contributed by atoms with Crippen LogP contribution in [0.1, 0.15) is 17.0 Å². The molecule has 1 amide bonds. The Morgan fingerprint density at radius 2 is 1.76 bits per heavy atom. The summed E-state index contributed by atoms with van der Waals surface area (Å²) in [4.78, 5) is 28.4. The van der Waals surface area contributed by atoms with Gasteiger partial charge in [0.1, 0.15) is 10.5 Å². The molecule has 0 fully saturated rings. The van der Waals surface area contributed by atoms with Gasteiger partial charge in [0.25, 0.3) is 11.5 Å². The van der Waals surface area contributed by atoms with Crippen LogP contribution >= 0.6 is 11.3 Å². The van der Waals surface area contributed by atoms with E-state index in [1.54, 1.807) is 38.4 Å². The van der Waals surface area contributed by atoms with Crippen molar-refractivity contribution in [3.05, 3.63) is 72.6 Å². The number of ether oxygens (including phenoxy) is 2. The molecule has 0 bridgehead atoms. The summed E-state index contributed by atoms with van der Waals surface area (Å²) in [5.74, 6) is -1.17. The van der Waals surface area contributed by atoms with E-state index < -0.39 is 17.4 Å². The molecule has 10 nitrogen and oxygen atoms in total. The van der Waals surface area contributed by atoms with E-state index in [1.807, 2.05) is 0 Å². The number of phenolic OH excluding ortho intramolecular Hbond substituents is 2. The second-order valence-corrected chi connectivity index (χ2v) is 9.41. The van der Waals surface area contributed by atoms with E-state index in [2.05, 4.69) is 6.07 Å². The second kappa shape index (κ2) is 9.75. The summed E-state index contributed by atoms with van der Waals surface area (Å²) in [6.45, 7) is 0.